The van der Waals surface area contributed by atoms with Crippen molar-refractivity contribution in [3.8, 4) is 5.75 Å². The lowest BCUT2D eigenvalue weighted by Gasteiger charge is -2.17. The SMILES string of the molecule is CC[C@@H](Oc1ccccc1F)C(=O)Nc1cccnc1. The van der Waals surface area contributed by atoms with Crippen LogP contribution in [0.25, 0.3) is 0 Å². The van der Waals surface area contributed by atoms with Gasteiger partial charge in [0.15, 0.2) is 17.7 Å². The molecule has 0 spiro atoms. The van der Waals surface area contributed by atoms with E-state index in [1.54, 1.807) is 37.4 Å². The van der Waals surface area contributed by atoms with Gasteiger partial charge in [-0.25, -0.2) is 4.39 Å². The fraction of sp³-hybridized carbons (Fsp3) is 0.200. The second kappa shape index (κ2) is 6.65. The average molecular weight is 274 g/mol. The molecule has 0 aliphatic carbocycles. The molecule has 0 fully saturated rings. The second-order valence-corrected chi connectivity index (χ2v) is 4.18. The third-order valence-corrected chi connectivity index (χ3v) is 2.70. The molecule has 0 bridgehead atoms. The Morgan fingerprint density at radius 2 is 2.15 bits per heavy atom. The summed E-state index contributed by atoms with van der Waals surface area (Å²) in [6.07, 6.45) is 2.82. The number of pyridine rings is 1. The molecule has 2 aromatic rings. The Morgan fingerprint density at radius 3 is 2.80 bits per heavy atom. The number of hydrogen-bond acceptors (Lipinski definition) is 3. The molecule has 2 rings (SSSR count). The number of ether oxygens (including phenoxy) is 1. The minimum Gasteiger partial charge on any atom is -0.478 e. The van der Waals surface area contributed by atoms with E-state index in [4.69, 9.17) is 4.74 Å². The third-order valence-electron chi connectivity index (χ3n) is 2.70. The smallest absolute Gasteiger partial charge is 0.265 e. The van der Waals surface area contributed by atoms with E-state index in [9.17, 15) is 9.18 Å². The minimum atomic E-state index is -0.757. The van der Waals surface area contributed by atoms with Crippen LogP contribution in [0.1, 0.15) is 13.3 Å². The molecular formula is C15H15FN2O2. The lowest BCUT2D eigenvalue weighted by molar-refractivity contribution is -0.122. The zero-order valence-electron chi connectivity index (χ0n) is 11.0. The van der Waals surface area contributed by atoms with Crippen molar-refractivity contribution >= 4 is 11.6 Å². The zero-order chi connectivity index (χ0) is 14.4. The molecular weight excluding hydrogens is 259 g/mol. The average Bonchev–Trinajstić information content (AvgIpc) is 2.47. The van der Waals surface area contributed by atoms with Crippen LogP contribution in [0.15, 0.2) is 48.8 Å². The molecule has 4 nitrogen and oxygen atoms in total. The maximum atomic E-state index is 13.5. The number of benzene rings is 1. The van der Waals surface area contributed by atoms with E-state index in [0.717, 1.165) is 0 Å². The lowest BCUT2D eigenvalue weighted by atomic mass is 10.2. The van der Waals surface area contributed by atoms with Crippen molar-refractivity contribution in [3.63, 3.8) is 0 Å². The van der Waals surface area contributed by atoms with Gasteiger partial charge < -0.3 is 10.1 Å². The Bertz CT molecular complexity index is 575. The molecule has 20 heavy (non-hydrogen) atoms. The number of halogens is 1. The van der Waals surface area contributed by atoms with E-state index in [0.29, 0.717) is 12.1 Å². The highest BCUT2D eigenvalue weighted by molar-refractivity contribution is 5.94. The van der Waals surface area contributed by atoms with E-state index in [1.807, 2.05) is 0 Å². The molecule has 0 unspecified atom stereocenters. The molecule has 0 saturated carbocycles. The van der Waals surface area contributed by atoms with Gasteiger partial charge in [0.1, 0.15) is 0 Å². The first-order valence-electron chi connectivity index (χ1n) is 6.32. The van der Waals surface area contributed by atoms with Crippen LogP contribution in [0.5, 0.6) is 5.75 Å². The fourth-order valence-corrected chi connectivity index (χ4v) is 1.68. The third kappa shape index (κ3) is 3.54. The number of hydrogen-bond donors (Lipinski definition) is 1. The van der Waals surface area contributed by atoms with Gasteiger partial charge in [0.05, 0.1) is 11.9 Å². The Labute approximate surface area is 116 Å². The highest BCUT2D eigenvalue weighted by Gasteiger charge is 2.19. The standard InChI is InChI=1S/C15H15FN2O2/c1-2-13(20-14-8-4-3-7-12(14)16)15(19)18-11-6-5-9-17-10-11/h3-10,13H,2H2,1H3,(H,18,19)/t13-/m1/s1. The van der Waals surface area contributed by atoms with Crippen LogP contribution in [0.4, 0.5) is 10.1 Å². The van der Waals surface area contributed by atoms with Crippen molar-refractivity contribution in [2.45, 2.75) is 19.4 Å². The molecule has 1 N–H and O–H groups in total. The fourth-order valence-electron chi connectivity index (χ4n) is 1.68. The Balaban J connectivity index is 2.05. The highest BCUT2D eigenvalue weighted by Crippen LogP contribution is 2.18. The first kappa shape index (κ1) is 14.0. The number of anilines is 1. The van der Waals surface area contributed by atoms with Crippen molar-refractivity contribution in [2.75, 3.05) is 5.32 Å². The normalized spacial score (nSPS) is 11.7. The molecule has 1 aromatic heterocycles. The Hall–Kier alpha value is -2.43. The Morgan fingerprint density at radius 1 is 1.35 bits per heavy atom. The van der Waals surface area contributed by atoms with Crippen molar-refractivity contribution < 1.29 is 13.9 Å². The topological polar surface area (TPSA) is 51.2 Å². The van der Waals surface area contributed by atoms with E-state index in [1.165, 1.54) is 18.3 Å². The predicted octanol–water partition coefficient (Wildman–Crippen LogP) is 3.02. The van der Waals surface area contributed by atoms with Gasteiger partial charge in [0, 0.05) is 6.20 Å². The molecule has 1 aromatic carbocycles. The molecule has 0 radical (unpaired) electrons. The molecule has 0 aliphatic heterocycles. The summed E-state index contributed by atoms with van der Waals surface area (Å²) in [5.41, 5.74) is 0.577. The number of amides is 1. The van der Waals surface area contributed by atoms with Crippen molar-refractivity contribution in [2.24, 2.45) is 0 Å². The van der Waals surface area contributed by atoms with Gasteiger partial charge in [-0.05, 0) is 30.7 Å². The van der Waals surface area contributed by atoms with Crippen LogP contribution in [-0.4, -0.2) is 17.0 Å². The molecule has 0 saturated heterocycles. The number of carbonyl (C=O) groups is 1. The van der Waals surface area contributed by atoms with Crippen LogP contribution in [0, 0.1) is 5.82 Å². The van der Waals surface area contributed by atoms with E-state index < -0.39 is 11.9 Å². The summed E-state index contributed by atoms with van der Waals surface area (Å²) >= 11 is 0. The first-order chi connectivity index (χ1) is 9.70. The highest BCUT2D eigenvalue weighted by atomic mass is 19.1. The minimum absolute atomic E-state index is 0.0701. The lowest BCUT2D eigenvalue weighted by Crippen LogP contribution is -2.32. The van der Waals surface area contributed by atoms with Gasteiger partial charge in [-0.2, -0.15) is 0 Å². The number of rotatable bonds is 5. The molecule has 1 amide bonds. The van der Waals surface area contributed by atoms with Gasteiger partial charge in [0.25, 0.3) is 5.91 Å². The predicted molar refractivity (Wildman–Crippen MR) is 74.0 cm³/mol. The van der Waals surface area contributed by atoms with Gasteiger partial charge in [-0.15, -0.1) is 0 Å². The summed E-state index contributed by atoms with van der Waals surface area (Å²) in [4.78, 5) is 16.0. The van der Waals surface area contributed by atoms with Crippen molar-refractivity contribution in [1.29, 1.82) is 0 Å². The monoisotopic (exact) mass is 274 g/mol. The maximum absolute atomic E-state index is 13.5. The van der Waals surface area contributed by atoms with Crippen molar-refractivity contribution in [3.05, 3.63) is 54.6 Å². The second-order valence-electron chi connectivity index (χ2n) is 4.18. The molecule has 5 heteroatoms. The summed E-state index contributed by atoms with van der Waals surface area (Å²) in [7, 11) is 0. The number of carbonyl (C=O) groups excluding carboxylic acids is 1. The number of para-hydroxylation sites is 1. The van der Waals surface area contributed by atoms with Crippen LogP contribution in [-0.2, 0) is 4.79 Å². The van der Waals surface area contributed by atoms with Crippen molar-refractivity contribution in [1.82, 2.24) is 4.98 Å². The van der Waals surface area contributed by atoms with Crippen LogP contribution >= 0.6 is 0 Å². The molecule has 1 heterocycles. The number of aromatic nitrogens is 1. The summed E-state index contributed by atoms with van der Waals surface area (Å²) in [5.74, 6) is -0.746. The first-order valence-corrected chi connectivity index (χ1v) is 6.32. The van der Waals surface area contributed by atoms with Crippen LogP contribution in [0.2, 0.25) is 0 Å². The molecule has 0 aliphatic rings. The van der Waals surface area contributed by atoms with Gasteiger partial charge in [0.2, 0.25) is 0 Å². The van der Waals surface area contributed by atoms with Gasteiger partial charge in [-0.3, -0.25) is 9.78 Å². The zero-order valence-corrected chi connectivity index (χ0v) is 11.0. The van der Waals surface area contributed by atoms with E-state index in [-0.39, 0.29) is 11.7 Å². The summed E-state index contributed by atoms with van der Waals surface area (Å²) in [5, 5.41) is 2.68. The summed E-state index contributed by atoms with van der Waals surface area (Å²) in [6.45, 7) is 1.80. The van der Waals surface area contributed by atoms with Crippen LogP contribution in [0.3, 0.4) is 0 Å². The molecule has 104 valence electrons. The Kier molecular flexibility index (Phi) is 4.65. The van der Waals surface area contributed by atoms with Gasteiger partial charge >= 0.3 is 0 Å². The number of nitrogens with one attached hydrogen (secondary N) is 1. The molecule has 1 atom stereocenters. The van der Waals surface area contributed by atoms with Crippen LogP contribution < -0.4 is 10.1 Å². The van der Waals surface area contributed by atoms with E-state index in [2.05, 4.69) is 10.3 Å². The largest absolute Gasteiger partial charge is 0.478 e. The summed E-state index contributed by atoms with van der Waals surface area (Å²) in [6, 6.07) is 9.45. The quantitative estimate of drug-likeness (QED) is 0.911. The maximum Gasteiger partial charge on any atom is 0.265 e. The number of nitrogens with zero attached hydrogens (tertiary/aromatic N) is 1. The van der Waals surface area contributed by atoms with Gasteiger partial charge in [-0.1, -0.05) is 19.1 Å². The summed E-state index contributed by atoms with van der Waals surface area (Å²) < 4.78 is 18.9. The van der Waals surface area contributed by atoms with E-state index >= 15 is 0 Å².